The minimum Gasteiger partial charge on any atom is -0.302 e. The van der Waals surface area contributed by atoms with Crippen molar-refractivity contribution in [3.63, 3.8) is 0 Å². The molecule has 1 aromatic heterocycles. The molecule has 0 radical (unpaired) electrons. The first-order valence-corrected chi connectivity index (χ1v) is 8.18. The van der Waals surface area contributed by atoms with E-state index < -0.39 is 11.9 Å². The second-order valence-electron chi connectivity index (χ2n) is 5.44. The molecule has 1 unspecified atom stereocenters. The number of nitrogens with zero attached hydrogens (tertiary/aromatic N) is 1. The van der Waals surface area contributed by atoms with Crippen LogP contribution in [0.5, 0.6) is 0 Å². The average molecular weight is 318 g/mol. The van der Waals surface area contributed by atoms with Crippen molar-refractivity contribution in [3.8, 4) is 0 Å². The topological polar surface area (TPSA) is 68.2 Å². The summed E-state index contributed by atoms with van der Waals surface area (Å²) in [5.41, 5.74) is 0.744. The highest BCUT2D eigenvalue weighted by atomic mass is 16.2. The average Bonchev–Trinajstić information content (AvgIpc) is 2.50. The minimum atomic E-state index is -0.607. The lowest BCUT2D eigenvalue weighted by Gasteiger charge is -2.22. The molecule has 1 atom stereocenters. The number of pyridine rings is 1. The van der Waals surface area contributed by atoms with Gasteiger partial charge in [-0.1, -0.05) is 32.4 Å². The number of hydrogen-bond acceptors (Lipinski definition) is 3. The Morgan fingerprint density at radius 1 is 1.30 bits per heavy atom. The molecule has 0 aromatic carbocycles. The fourth-order valence-electron chi connectivity index (χ4n) is 2.65. The van der Waals surface area contributed by atoms with Crippen LogP contribution in [0.1, 0.15) is 59.9 Å². The number of piperidine rings is 1. The van der Waals surface area contributed by atoms with Gasteiger partial charge in [-0.3, -0.25) is 19.7 Å². The quantitative estimate of drug-likeness (QED) is 0.834. The lowest BCUT2D eigenvalue weighted by atomic mass is 10.1. The minimum absolute atomic E-state index is 0.174. The van der Waals surface area contributed by atoms with Gasteiger partial charge in [0.1, 0.15) is 6.04 Å². The molecule has 23 heavy (non-hydrogen) atoms. The fraction of sp³-hybridized carbons (Fsp3) is 0.500. The van der Waals surface area contributed by atoms with Crippen molar-refractivity contribution >= 4 is 23.5 Å². The van der Waals surface area contributed by atoms with Gasteiger partial charge >= 0.3 is 0 Å². The first kappa shape index (κ1) is 18.9. The van der Waals surface area contributed by atoms with Gasteiger partial charge in [0.2, 0.25) is 11.8 Å². The summed E-state index contributed by atoms with van der Waals surface area (Å²) in [6.45, 7) is 9.79. The lowest BCUT2D eigenvalue weighted by Crippen LogP contribution is -2.51. The second kappa shape index (κ2) is 8.46. The number of aromatic nitrogens is 1. The molecule has 2 rings (SSSR count). The number of nitrogens with one attached hydrogen (secondary N) is 1. The van der Waals surface area contributed by atoms with Gasteiger partial charge in [-0.25, -0.2) is 0 Å². The maximum absolute atomic E-state index is 12.7. The van der Waals surface area contributed by atoms with E-state index in [4.69, 9.17) is 0 Å². The smallest absolute Gasteiger partial charge is 0.259 e. The normalized spacial score (nSPS) is 18.1. The fourth-order valence-corrected chi connectivity index (χ4v) is 2.65. The van der Waals surface area contributed by atoms with Crippen LogP contribution in [0, 0.1) is 0 Å². The molecule has 1 N–H and O–H groups in total. The molecule has 2 amide bonds. The third kappa shape index (κ3) is 4.18. The van der Waals surface area contributed by atoms with Gasteiger partial charge in [0.05, 0.1) is 0 Å². The zero-order valence-electron chi connectivity index (χ0n) is 14.6. The van der Waals surface area contributed by atoms with Crippen molar-refractivity contribution in [2.45, 2.75) is 59.9 Å². The highest BCUT2D eigenvalue weighted by Crippen LogP contribution is 2.15. The van der Waals surface area contributed by atoms with Gasteiger partial charge in [0.15, 0.2) is 0 Å². The van der Waals surface area contributed by atoms with Crippen LogP contribution in [-0.4, -0.2) is 16.4 Å². The van der Waals surface area contributed by atoms with E-state index in [0.29, 0.717) is 11.6 Å². The summed E-state index contributed by atoms with van der Waals surface area (Å²) in [5.74, 6) is -0.682. The van der Waals surface area contributed by atoms with E-state index >= 15 is 0 Å². The van der Waals surface area contributed by atoms with Crippen molar-refractivity contribution < 1.29 is 9.59 Å². The van der Waals surface area contributed by atoms with E-state index in [0.717, 1.165) is 17.2 Å². The molecule has 1 saturated heterocycles. The Bertz CT molecular complexity index is 755. The predicted octanol–water partition coefficient (Wildman–Crippen LogP) is 1.23. The van der Waals surface area contributed by atoms with E-state index in [-0.39, 0.29) is 17.9 Å². The Balaban J connectivity index is 0.00000127. The van der Waals surface area contributed by atoms with Gasteiger partial charge in [-0.05, 0) is 38.0 Å². The first-order valence-electron chi connectivity index (χ1n) is 8.18. The van der Waals surface area contributed by atoms with Gasteiger partial charge in [0.25, 0.3) is 5.56 Å². The van der Waals surface area contributed by atoms with Gasteiger partial charge in [0, 0.05) is 17.8 Å². The SMILES string of the molecule is CC.CC/C=c1/ccn(C2CCC(=O)NC2=O)c(=O)c1=C(C)C. The molecule has 1 fully saturated rings. The summed E-state index contributed by atoms with van der Waals surface area (Å²) >= 11 is 0. The number of amides is 2. The highest BCUT2D eigenvalue weighted by Gasteiger charge is 2.28. The summed E-state index contributed by atoms with van der Waals surface area (Å²) in [6.07, 6.45) is 5.11. The standard InChI is InChI=1S/C16H20N2O3.C2H6/c1-4-5-11-8-9-18(16(21)14(11)10(2)3)12-6-7-13(19)17-15(12)20;1-2/h5,8-9,12H,4,6-7H2,1-3H3,(H,17,19,20);1-2H3/b11-5-;. The molecular formula is C18H26N2O3. The summed E-state index contributed by atoms with van der Waals surface area (Å²) in [5, 5.41) is 3.83. The van der Waals surface area contributed by atoms with Crippen LogP contribution in [0.25, 0.3) is 11.6 Å². The number of imide groups is 1. The Morgan fingerprint density at radius 3 is 2.48 bits per heavy atom. The molecule has 0 saturated carbocycles. The van der Waals surface area contributed by atoms with Gasteiger partial charge in [-0.2, -0.15) is 0 Å². The van der Waals surface area contributed by atoms with Crippen LogP contribution >= 0.6 is 0 Å². The van der Waals surface area contributed by atoms with E-state index in [2.05, 4.69) is 5.32 Å². The molecule has 5 heteroatoms. The molecule has 0 spiro atoms. The zero-order chi connectivity index (χ0) is 17.6. The van der Waals surface area contributed by atoms with Crippen molar-refractivity contribution in [3.05, 3.63) is 33.1 Å². The maximum Gasteiger partial charge on any atom is 0.259 e. The predicted molar refractivity (Wildman–Crippen MR) is 92.2 cm³/mol. The molecule has 0 aliphatic carbocycles. The Kier molecular flexibility index (Phi) is 6.94. The van der Waals surface area contributed by atoms with Gasteiger partial charge in [-0.15, -0.1) is 0 Å². The van der Waals surface area contributed by atoms with Crippen molar-refractivity contribution in [1.82, 2.24) is 9.88 Å². The maximum atomic E-state index is 12.7. The molecule has 126 valence electrons. The van der Waals surface area contributed by atoms with Crippen LogP contribution in [0.2, 0.25) is 0 Å². The number of hydrogen-bond donors (Lipinski definition) is 1. The van der Waals surface area contributed by atoms with Crippen molar-refractivity contribution in [1.29, 1.82) is 0 Å². The molecule has 1 aliphatic heterocycles. The molecule has 0 bridgehead atoms. The van der Waals surface area contributed by atoms with Gasteiger partial charge < -0.3 is 4.57 Å². The Hall–Kier alpha value is -2.17. The number of carbonyl (C=O) groups is 2. The molecule has 5 nitrogen and oxygen atoms in total. The number of carbonyl (C=O) groups excluding carboxylic acids is 2. The zero-order valence-corrected chi connectivity index (χ0v) is 14.6. The van der Waals surface area contributed by atoms with Crippen molar-refractivity contribution in [2.75, 3.05) is 0 Å². The van der Waals surface area contributed by atoms with Crippen LogP contribution in [0.3, 0.4) is 0 Å². The second-order valence-corrected chi connectivity index (χ2v) is 5.44. The Morgan fingerprint density at radius 2 is 1.96 bits per heavy atom. The van der Waals surface area contributed by atoms with E-state index in [9.17, 15) is 14.4 Å². The molecular weight excluding hydrogens is 292 g/mol. The van der Waals surface area contributed by atoms with Crippen LogP contribution in [0.15, 0.2) is 17.1 Å². The van der Waals surface area contributed by atoms with Crippen molar-refractivity contribution in [2.24, 2.45) is 0 Å². The highest BCUT2D eigenvalue weighted by molar-refractivity contribution is 5.99. The van der Waals surface area contributed by atoms with Crippen LogP contribution in [-0.2, 0) is 9.59 Å². The van der Waals surface area contributed by atoms with Crippen LogP contribution < -0.4 is 21.3 Å². The molecule has 1 aromatic rings. The van der Waals surface area contributed by atoms with Crippen LogP contribution in [0.4, 0.5) is 0 Å². The lowest BCUT2D eigenvalue weighted by molar-refractivity contribution is -0.135. The molecule has 2 heterocycles. The van der Waals surface area contributed by atoms with E-state index in [1.807, 2.05) is 46.8 Å². The summed E-state index contributed by atoms with van der Waals surface area (Å²) in [7, 11) is 0. The Labute approximate surface area is 136 Å². The third-order valence-electron chi connectivity index (χ3n) is 3.62. The third-order valence-corrected chi connectivity index (χ3v) is 3.62. The summed E-state index contributed by atoms with van der Waals surface area (Å²) in [4.78, 5) is 35.9. The summed E-state index contributed by atoms with van der Waals surface area (Å²) < 4.78 is 1.44. The van der Waals surface area contributed by atoms with E-state index in [1.165, 1.54) is 4.57 Å². The van der Waals surface area contributed by atoms with E-state index in [1.54, 1.807) is 6.20 Å². The number of rotatable bonds is 2. The first-order chi connectivity index (χ1) is 11.0. The monoisotopic (exact) mass is 318 g/mol. The molecule has 1 aliphatic rings. The summed E-state index contributed by atoms with van der Waals surface area (Å²) in [6, 6.07) is 1.25. The largest absolute Gasteiger partial charge is 0.302 e.